The monoisotopic (exact) mass is 1530 g/mol. The van der Waals surface area contributed by atoms with E-state index >= 15 is 0 Å². The first-order valence-corrected chi connectivity index (χ1v) is 39.8. The predicted molar refractivity (Wildman–Crippen MR) is 398 cm³/mol. The lowest BCUT2D eigenvalue weighted by molar-refractivity contribution is -0.143. The number of nitrogens with zero attached hydrogens (tertiary/aromatic N) is 7. The number of aromatic nitrogens is 3. The Bertz CT molecular complexity index is 3500. The van der Waals surface area contributed by atoms with Gasteiger partial charge in [-0.15, -0.1) is 0 Å². The fourth-order valence-electron chi connectivity index (χ4n) is 16.9. The molecule has 4 heterocycles. The van der Waals surface area contributed by atoms with Crippen molar-refractivity contribution in [3.63, 3.8) is 0 Å². The van der Waals surface area contributed by atoms with Crippen molar-refractivity contribution >= 4 is 69.9 Å². The van der Waals surface area contributed by atoms with Crippen molar-refractivity contribution in [3.05, 3.63) is 60.2 Å². The van der Waals surface area contributed by atoms with Crippen molar-refractivity contribution in [2.45, 2.75) is 253 Å². The van der Waals surface area contributed by atoms with Gasteiger partial charge in [-0.2, -0.15) is 13.2 Å². The van der Waals surface area contributed by atoms with Crippen LogP contribution in [0.5, 0.6) is 0 Å². The van der Waals surface area contributed by atoms with Gasteiger partial charge in [0.1, 0.15) is 18.2 Å². The molecule has 2 aromatic heterocycles. The highest BCUT2D eigenvalue weighted by molar-refractivity contribution is 5.94. The quantitative estimate of drug-likeness (QED) is 0.0291. The number of pyridine rings is 1. The maximum Gasteiger partial charge on any atom is 0.416 e. The number of hydrogen-bond acceptors (Lipinski definition) is 19. The molecule has 28 nitrogen and oxygen atoms in total. The van der Waals surface area contributed by atoms with Gasteiger partial charge in [0.05, 0.1) is 91.8 Å². The van der Waals surface area contributed by atoms with Crippen molar-refractivity contribution in [3.8, 4) is 0 Å². The summed E-state index contributed by atoms with van der Waals surface area (Å²) in [5, 5.41) is 30.9. The number of aliphatic carboxylic acids is 1. The number of halogens is 3. The summed E-state index contributed by atoms with van der Waals surface area (Å²) in [5.74, 6) is -3.29. The van der Waals surface area contributed by atoms with Crippen LogP contribution in [0.2, 0.25) is 0 Å². The third-order valence-corrected chi connectivity index (χ3v) is 23.3. The molecule has 8 N–H and O–H groups in total. The molecule has 0 radical (unpaired) electrons. The summed E-state index contributed by atoms with van der Waals surface area (Å²) in [6, 6.07) is 5.49. The molecule has 5 aliphatic carbocycles. The number of alkyl halides is 3. The highest BCUT2D eigenvalue weighted by Crippen LogP contribution is 2.39. The molecular weight excluding hydrogens is 1410 g/mol. The molecule has 1 aromatic carbocycles. The average Bonchev–Trinajstić information content (AvgIpc) is 1.34. The van der Waals surface area contributed by atoms with Gasteiger partial charge in [0.25, 0.3) is 0 Å². The number of anilines is 1. The summed E-state index contributed by atoms with van der Waals surface area (Å²) in [6.07, 6.45) is 15.9. The third-order valence-electron chi connectivity index (χ3n) is 23.3. The van der Waals surface area contributed by atoms with Crippen molar-refractivity contribution in [1.82, 2.24) is 66.5 Å². The Kier molecular flexibility index (Phi) is 31.5. The van der Waals surface area contributed by atoms with Crippen LogP contribution in [0, 0.1) is 17.8 Å². The van der Waals surface area contributed by atoms with Gasteiger partial charge in [-0.3, -0.25) is 53.0 Å². The number of rotatable bonds is 37. The SMILES string of the molecule is CC(C)N(C)[C@@H]1CC[C@H](N2CC[C@H](Nc3ncnc4ccc(C(F)(F)F)cc34)C2=O)[C@H](NC(=O)C2CCC(NC(=O)CCCOC3CCC(OCCNC(=O)CN(CCNC(=O)[C@H]4CC(=O)N(C)[C@@H]4c4cccnc4)CC(=O)NCCOC4CCC(OCCCC(=O)NC5CCC(C(=O)O)CC5)CC4)CC3)CC2)C1. The van der Waals surface area contributed by atoms with Crippen LogP contribution in [0.1, 0.15) is 192 Å². The van der Waals surface area contributed by atoms with E-state index in [4.69, 9.17) is 18.9 Å². The summed E-state index contributed by atoms with van der Waals surface area (Å²) >= 11 is 0. The van der Waals surface area contributed by atoms with Crippen LogP contribution in [0.15, 0.2) is 49.1 Å². The van der Waals surface area contributed by atoms with Crippen LogP contribution in [0.3, 0.4) is 0 Å². The summed E-state index contributed by atoms with van der Waals surface area (Å²) < 4.78 is 65.7. The number of ether oxygens (including phenoxy) is 4. The molecule has 7 aliphatic rings. The second-order valence-corrected chi connectivity index (χ2v) is 31.2. The molecule has 10 rings (SSSR count). The molecule has 8 amide bonds. The summed E-state index contributed by atoms with van der Waals surface area (Å²) in [4.78, 5) is 139. The highest BCUT2D eigenvalue weighted by Gasteiger charge is 2.46. The Balaban J connectivity index is 0.586. The van der Waals surface area contributed by atoms with E-state index in [9.17, 15) is 61.4 Å². The molecule has 3 aromatic rings. The molecule has 2 aliphatic heterocycles. The number of carboxylic acids is 1. The Labute approximate surface area is 637 Å². The summed E-state index contributed by atoms with van der Waals surface area (Å²) in [6.45, 7) is 6.70. The van der Waals surface area contributed by atoms with Gasteiger partial charge < -0.3 is 76.0 Å². The van der Waals surface area contributed by atoms with Crippen LogP contribution in [-0.2, 0) is 68.3 Å². The fraction of sp³-hybridized carbons (Fsp3) is 0.718. The van der Waals surface area contributed by atoms with Crippen molar-refractivity contribution in [1.29, 1.82) is 0 Å². The Morgan fingerprint density at radius 2 is 1.22 bits per heavy atom. The predicted octanol–water partition coefficient (Wildman–Crippen LogP) is 6.36. The first kappa shape index (κ1) is 83.8. The normalized spacial score (nSPS) is 26.9. The van der Waals surface area contributed by atoms with Crippen molar-refractivity contribution in [2.75, 3.05) is 91.7 Å². The Morgan fingerprint density at radius 1 is 0.651 bits per heavy atom. The third kappa shape index (κ3) is 24.9. The van der Waals surface area contributed by atoms with Gasteiger partial charge in [-0.25, -0.2) is 9.97 Å². The highest BCUT2D eigenvalue weighted by atomic mass is 19.4. The van der Waals surface area contributed by atoms with Crippen LogP contribution in [-0.4, -0.2) is 246 Å². The maximum absolute atomic E-state index is 14.2. The minimum Gasteiger partial charge on any atom is -0.481 e. The number of nitrogens with one attached hydrogen (secondary N) is 7. The smallest absolute Gasteiger partial charge is 0.416 e. The molecule has 0 spiro atoms. The standard InChI is InChI=1S/C78H115F3N14O14/c1-49(2)92(3)56-20-30-66(95-36-31-64(76(95)103)90-73-61-42-53(78(79,80)81)15-29-63(61)86-48-87-73)65(43-56)91-74(101)50-11-16-54(17-12-50)88-67(96)9-6-38-106-57-21-25-59(26-22-57)108-40-34-83-69(98)46-94(37-33-85-75(102)62-44-71(100)93(4)72(62)52-8-5-32-82-45-52)47-70(99)84-35-41-109-60-27-23-58(24-28-60)107-39-7-10-68(97)89-55-18-13-51(14-19-55)77(104)105/h5,8,15,29,32,42,45,48-51,54-60,62,64-66,72H,6-7,9-14,16-28,30-31,33-41,43-44,46-47H2,1-4H3,(H,83,98)(H,84,99)(H,85,102)(H,88,96)(H,89,97)(H,91,101)(H,104,105)(H,86,87,90)/t50?,51?,54?,55?,56-,57?,58?,59?,60?,62+,64+,65-,66+,72-/m1/s1. The minimum atomic E-state index is -4.57. The van der Waals surface area contributed by atoms with E-state index in [-0.39, 0.29) is 183 Å². The average molecular weight is 1530 g/mol. The molecule has 31 heteroatoms. The molecule has 602 valence electrons. The lowest BCUT2D eigenvalue weighted by atomic mass is 9.82. The number of carbonyl (C=O) groups excluding carboxylic acids is 8. The zero-order valence-electron chi connectivity index (χ0n) is 63.8. The molecule has 109 heavy (non-hydrogen) atoms. The molecule has 5 saturated carbocycles. The first-order chi connectivity index (χ1) is 52.4. The number of amides is 8. The number of likely N-dealkylation sites (tertiary alicyclic amines) is 2. The topological polar surface area (TPSA) is 347 Å². The van der Waals surface area contributed by atoms with Gasteiger partial charge in [-0.05, 0) is 192 Å². The second-order valence-electron chi connectivity index (χ2n) is 31.2. The second kappa shape index (κ2) is 41.0. The van der Waals surface area contributed by atoms with E-state index < -0.39 is 35.7 Å². The van der Waals surface area contributed by atoms with Crippen LogP contribution in [0.4, 0.5) is 19.0 Å². The minimum absolute atomic E-state index is 0.0135. The number of hydrogen-bond donors (Lipinski definition) is 8. The van der Waals surface area contributed by atoms with E-state index in [1.165, 1.54) is 12.4 Å². The molecule has 6 atom stereocenters. The van der Waals surface area contributed by atoms with Gasteiger partial charge in [-0.1, -0.05) is 6.07 Å². The van der Waals surface area contributed by atoms with Crippen molar-refractivity contribution < 1.29 is 80.4 Å². The van der Waals surface area contributed by atoms with Crippen LogP contribution < -0.4 is 37.2 Å². The number of benzene rings is 1. The zero-order chi connectivity index (χ0) is 77.6. The number of carboxylic acid groups (broad SMARTS) is 1. The van der Waals surface area contributed by atoms with E-state index in [0.717, 1.165) is 75.5 Å². The van der Waals surface area contributed by atoms with E-state index in [0.29, 0.717) is 128 Å². The fourth-order valence-corrected chi connectivity index (χ4v) is 16.9. The first-order valence-electron chi connectivity index (χ1n) is 39.8. The van der Waals surface area contributed by atoms with Crippen molar-refractivity contribution in [2.24, 2.45) is 17.8 Å². The van der Waals surface area contributed by atoms with Crippen LogP contribution >= 0.6 is 0 Å². The summed E-state index contributed by atoms with van der Waals surface area (Å²) in [7, 11) is 3.75. The van der Waals surface area contributed by atoms with Gasteiger partial charge in [0, 0.05) is 120 Å². The maximum atomic E-state index is 14.2. The van der Waals surface area contributed by atoms with Gasteiger partial charge in [0.15, 0.2) is 0 Å². The number of fused-ring (bicyclic) bond motifs is 1. The van der Waals surface area contributed by atoms with Gasteiger partial charge in [0.2, 0.25) is 47.3 Å². The molecule has 0 unspecified atom stereocenters. The molecule has 7 fully saturated rings. The molecular formula is C78H115F3N14O14. The largest absolute Gasteiger partial charge is 0.481 e. The molecule has 0 bridgehead atoms. The van der Waals surface area contributed by atoms with E-state index in [1.807, 2.05) is 11.0 Å². The number of carbonyl (C=O) groups is 9. The lowest BCUT2D eigenvalue weighted by Gasteiger charge is -2.45. The Hall–Kier alpha value is -7.71. The Morgan fingerprint density at radius 3 is 1.76 bits per heavy atom. The zero-order valence-corrected chi connectivity index (χ0v) is 63.8. The lowest BCUT2D eigenvalue weighted by Crippen LogP contribution is -2.59. The van der Waals surface area contributed by atoms with E-state index in [2.05, 4.69) is 78.0 Å². The van der Waals surface area contributed by atoms with E-state index in [1.54, 1.807) is 35.3 Å². The van der Waals surface area contributed by atoms with Crippen LogP contribution in [0.25, 0.3) is 10.9 Å². The molecule has 2 saturated heterocycles. The summed E-state index contributed by atoms with van der Waals surface area (Å²) in [5.41, 5.74) is 0.235. The van der Waals surface area contributed by atoms with Gasteiger partial charge >= 0.3 is 12.1 Å².